The highest BCUT2D eigenvalue weighted by Crippen LogP contribution is 2.13. The molecule has 0 fully saturated rings. The van der Waals surface area contributed by atoms with Crippen molar-refractivity contribution in [3.05, 3.63) is 65.2 Å². The molecule has 4 heteroatoms. The van der Waals surface area contributed by atoms with E-state index in [1.165, 1.54) is 0 Å². The van der Waals surface area contributed by atoms with Gasteiger partial charge in [0.05, 0.1) is 12.8 Å². The monoisotopic (exact) mass is 282 g/mol. The molecule has 0 heterocycles. The number of ether oxygens (including phenoxy) is 1. The second kappa shape index (κ2) is 6.70. The van der Waals surface area contributed by atoms with Gasteiger partial charge in [0.15, 0.2) is 0 Å². The van der Waals surface area contributed by atoms with Crippen LogP contribution in [0.25, 0.3) is 0 Å². The van der Waals surface area contributed by atoms with Crippen molar-refractivity contribution >= 4 is 11.6 Å². The number of amides is 1. The third-order valence-corrected chi connectivity index (χ3v) is 3.20. The second-order valence-corrected chi connectivity index (χ2v) is 4.69. The molecule has 2 aromatic carbocycles. The first-order chi connectivity index (χ1) is 10.1. The van der Waals surface area contributed by atoms with Crippen molar-refractivity contribution in [3.8, 4) is 5.75 Å². The van der Waals surface area contributed by atoms with Gasteiger partial charge >= 0.3 is 0 Å². The first kappa shape index (κ1) is 14.8. The van der Waals surface area contributed by atoms with Crippen molar-refractivity contribution < 1.29 is 9.53 Å². The van der Waals surface area contributed by atoms with Gasteiger partial charge < -0.3 is 4.74 Å². The predicted octanol–water partition coefficient (Wildman–Crippen LogP) is 3.16. The molecule has 0 radical (unpaired) electrons. The van der Waals surface area contributed by atoms with Gasteiger partial charge in [-0.3, -0.25) is 4.79 Å². The molecule has 0 aliphatic heterocycles. The molecule has 21 heavy (non-hydrogen) atoms. The van der Waals surface area contributed by atoms with E-state index in [2.05, 4.69) is 10.5 Å². The van der Waals surface area contributed by atoms with Gasteiger partial charge in [-0.05, 0) is 37.6 Å². The summed E-state index contributed by atoms with van der Waals surface area (Å²) < 4.78 is 5.17. The number of nitrogens with one attached hydrogen (secondary N) is 1. The smallest absolute Gasteiger partial charge is 0.271 e. The van der Waals surface area contributed by atoms with E-state index in [4.69, 9.17) is 4.74 Å². The number of carbonyl (C=O) groups is 1. The molecule has 0 aromatic heterocycles. The van der Waals surface area contributed by atoms with Crippen LogP contribution in [0.15, 0.2) is 53.6 Å². The zero-order valence-electron chi connectivity index (χ0n) is 12.4. The number of benzene rings is 2. The minimum Gasteiger partial charge on any atom is -0.497 e. The molecule has 2 rings (SSSR count). The van der Waals surface area contributed by atoms with Crippen molar-refractivity contribution in [1.29, 1.82) is 0 Å². The van der Waals surface area contributed by atoms with E-state index in [1.54, 1.807) is 13.2 Å². The zero-order valence-corrected chi connectivity index (χ0v) is 12.4. The quantitative estimate of drug-likeness (QED) is 0.691. The van der Waals surface area contributed by atoms with E-state index in [0.717, 1.165) is 22.6 Å². The van der Waals surface area contributed by atoms with Crippen LogP contribution in [0.5, 0.6) is 5.75 Å². The lowest BCUT2D eigenvalue weighted by molar-refractivity contribution is 0.0954. The molecule has 0 aliphatic carbocycles. The van der Waals surface area contributed by atoms with Crippen molar-refractivity contribution in [2.24, 2.45) is 5.10 Å². The normalized spacial score (nSPS) is 11.1. The first-order valence-corrected chi connectivity index (χ1v) is 6.66. The number of hydrazone groups is 1. The standard InChI is InChI=1S/C17H18N2O2/c1-12-7-4-5-10-16(12)17(20)19-18-13(2)14-8-6-9-15(11-14)21-3/h4-11H,1-3H3,(H,19,20). The van der Waals surface area contributed by atoms with Gasteiger partial charge in [-0.1, -0.05) is 30.3 Å². The van der Waals surface area contributed by atoms with Crippen LogP contribution in [-0.4, -0.2) is 18.7 Å². The van der Waals surface area contributed by atoms with Crippen LogP contribution in [0.1, 0.15) is 28.4 Å². The molecule has 0 spiro atoms. The third-order valence-electron chi connectivity index (χ3n) is 3.20. The summed E-state index contributed by atoms with van der Waals surface area (Å²) in [5, 5.41) is 4.15. The molecular weight excluding hydrogens is 264 g/mol. The minimum absolute atomic E-state index is 0.213. The van der Waals surface area contributed by atoms with E-state index in [-0.39, 0.29) is 5.91 Å². The minimum atomic E-state index is -0.213. The van der Waals surface area contributed by atoms with Crippen LogP contribution in [0.2, 0.25) is 0 Å². The molecule has 2 aromatic rings. The van der Waals surface area contributed by atoms with Gasteiger partial charge in [0.2, 0.25) is 0 Å². The topological polar surface area (TPSA) is 50.7 Å². The maximum Gasteiger partial charge on any atom is 0.271 e. The molecule has 4 nitrogen and oxygen atoms in total. The second-order valence-electron chi connectivity index (χ2n) is 4.69. The van der Waals surface area contributed by atoms with E-state index >= 15 is 0 Å². The average Bonchev–Trinajstić information content (AvgIpc) is 2.52. The summed E-state index contributed by atoms with van der Waals surface area (Å²) in [4.78, 5) is 12.1. The first-order valence-electron chi connectivity index (χ1n) is 6.66. The highest BCUT2D eigenvalue weighted by molar-refractivity contribution is 6.01. The van der Waals surface area contributed by atoms with Crippen molar-refractivity contribution in [2.45, 2.75) is 13.8 Å². The summed E-state index contributed by atoms with van der Waals surface area (Å²) in [7, 11) is 1.62. The zero-order chi connectivity index (χ0) is 15.2. The number of rotatable bonds is 4. The number of aryl methyl sites for hydroxylation is 1. The SMILES string of the molecule is COc1cccc(C(C)=NNC(=O)c2ccccc2C)c1. The number of nitrogens with zero attached hydrogens (tertiary/aromatic N) is 1. The summed E-state index contributed by atoms with van der Waals surface area (Å²) >= 11 is 0. The molecule has 0 unspecified atom stereocenters. The highest BCUT2D eigenvalue weighted by Gasteiger charge is 2.07. The summed E-state index contributed by atoms with van der Waals surface area (Å²) in [6.07, 6.45) is 0. The number of carbonyl (C=O) groups excluding carboxylic acids is 1. The van der Waals surface area contributed by atoms with Crippen LogP contribution in [0.4, 0.5) is 0 Å². The molecule has 0 saturated carbocycles. The lowest BCUT2D eigenvalue weighted by Gasteiger charge is -2.06. The van der Waals surface area contributed by atoms with E-state index in [0.29, 0.717) is 5.56 Å². The molecule has 0 aliphatic rings. The van der Waals surface area contributed by atoms with Crippen molar-refractivity contribution in [1.82, 2.24) is 5.43 Å². The van der Waals surface area contributed by atoms with Gasteiger partial charge in [-0.2, -0.15) is 5.10 Å². The number of methoxy groups -OCH3 is 1. The van der Waals surface area contributed by atoms with Crippen LogP contribution >= 0.6 is 0 Å². The fraction of sp³-hybridized carbons (Fsp3) is 0.176. The Bertz CT molecular complexity index is 678. The van der Waals surface area contributed by atoms with Crippen molar-refractivity contribution in [3.63, 3.8) is 0 Å². The molecular formula is C17H18N2O2. The lowest BCUT2D eigenvalue weighted by atomic mass is 10.1. The van der Waals surface area contributed by atoms with Crippen LogP contribution < -0.4 is 10.2 Å². The number of hydrogen-bond donors (Lipinski definition) is 1. The molecule has 108 valence electrons. The van der Waals surface area contributed by atoms with Crippen molar-refractivity contribution in [2.75, 3.05) is 7.11 Å². The Labute approximate surface area is 124 Å². The Morgan fingerprint density at radius 1 is 1.14 bits per heavy atom. The Kier molecular flexibility index (Phi) is 4.72. The fourth-order valence-electron chi connectivity index (χ4n) is 1.94. The van der Waals surface area contributed by atoms with Crippen LogP contribution in [-0.2, 0) is 0 Å². The third kappa shape index (κ3) is 3.69. The fourth-order valence-corrected chi connectivity index (χ4v) is 1.94. The maximum absolute atomic E-state index is 12.1. The van der Waals surface area contributed by atoms with Crippen LogP contribution in [0.3, 0.4) is 0 Å². The Hall–Kier alpha value is -2.62. The van der Waals surface area contributed by atoms with E-state index in [9.17, 15) is 4.79 Å². The van der Waals surface area contributed by atoms with Gasteiger partial charge in [-0.15, -0.1) is 0 Å². The molecule has 1 amide bonds. The van der Waals surface area contributed by atoms with Crippen LogP contribution in [0, 0.1) is 6.92 Å². The Morgan fingerprint density at radius 3 is 2.62 bits per heavy atom. The van der Waals surface area contributed by atoms with Gasteiger partial charge in [-0.25, -0.2) is 5.43 Å². The molecule has 0 saturated heterocycles. The molecule has 0 bridgehead atoms. The van der Waals surface area contributed by atoms with E-state index < -0.39 is 0 Å². The van der Waals surface area contributed by atoms with Gasteiger partial charge in [0, 0.05) is 11.1 Å². The van der Waals surface area contributed by atoms with Gasteiger partial charge in [0.1, 0.15) is 5.75 Å². The highest BCUT2D eigenvalue weighted by atomic mass is 16.5. The number of hydrogen-bond acceptors (Lipinski definition) is 3. The summed E-state index contributed by atoms with van der Waals surface area (Å²) in [5.41, 5.74) is 5.75. The molecule has 1 N–H and O–H groups in total. The van der Waals surface area contributed by atoms with Gasteiger partial charge in [0.25, 0.3) is 5.91 Å². The molecule has 0 atom stereocenters. The largest absolute Gasteiger partial charge is 0.497 e. The maximum atomic E-state index is 12.1. The summed E-state index contributed by atoms with van der Waals surface area (Å²) in [6.45, 7) is 3.74. The predicted molar refractivity (Wildman–Crippen MR) is 83.9 cm³/mol. The average molecular weight is 282 g/mol. The Morgan fingerprint density at radius 2 is 1.90 bits per heavy atom. The Balaban J connectivity index is 2.13. The summed E-state index contributed by atoms with van der Waals surface area (Å²) in [6, 6.07) is 14.9. The lowest BCUT2D eigenvalue weighted by Crippen LogP contribution is -2.20. The van der Waals surface area contributed by atoms with E-state index in [1.807, 2.05) is 56.3 Å². The summed E-state index contributed by atoms with van der Waals surface area (Å²) in [5.74, 6) is 0.544.